The highest BCUT2D eigenvalue weighted by molar-refractivity contribution is 5.78. The highest BCUT2D eigenvalue weighted by atomic mass is 19.1. The van der Waals surface area contributed by atoms with Crippen LogP contribution in [0.5, 0.6) is 0 Å². The van der Waals surface area contributed by atoms with Gasteiger partial charge in [0.05, 0.1) is 11.7 Å². The van der Waals surface area contributed by atoms with Crippen LogP contribution in [-0.4, -0.2) is 29.1 Å². The largest absolute Gasteiger partial charge is 0.390 e. The predicted octanol–water partition coefficient (Wildman–Crippen LogP) is 0.690. The van der Waals surface area contributed by atoms with Crippen LogP contribution in [0.4, 0.5) is 4.39 Å². The van der Waals surface area contributed by atoms with E-state index in [9.17, 15) is 19.4 Å². The van der Waals surface area contributed by atoms with Crippen molar-refractivity contribution in [2.45, 2.75) is 25.6 Å². The lowest BCUT2D eigenvalue weighted by Gasteiger charge is -2.21. The van der Waals surface area contributed by atoms with E-state index >= 15 is 0 Å². The van der Waals surface area contributed by atoms with Gasteiger partial charge in [-0.25, -0.2) is 4.39 Å². The molecule has 4 nitrogen and oxygen atoms in total. The molecule has 0 radical (unpaired) electrons. The van der Waals surface area contributed by atoms with Gasteiger partial charge in [-0.3, -0.25) is 4.79 Å². The average molecular weight is 241 g/mol. The molecule has 2 unspecified atom stereocenters. The fraction of sp³-hybridized carbons (Fsp3) is 0.417. The number of aliphatic hydroxyl groups excluding tert-OH is 2. The zero-order valence-corrected chi connectivity index (χ0v) is 9.56. The second-order valence-electron chi connectivity index (χ2n) is 3.90. The fourth-order valence-corrected chi connectivity index (χ4v) is 1.75. The molecule has 0 saturated carbocycles. The van der Waals surface area contributed by atoms with Crippen molar-refractivity contribution in [2.24, 2.45) is 5.73 Å². The van der Waals surface area contributed by atoms with Gasteiger partial charge in [-0.1, -0.05) is 6.07 Å². The highest BCUT2D eigenvalue weighted by Crippen LogP contribution is 2.26. The zero-order chi connectivity index (χ0) is 13.0. The number of carbonyl (C=O) groups is 1. The third kappa shape index (κ3) is 2.88. The van der Waals surface area contributed by atoms with Gasteiger partial charge in [-0.2, -0.15) is 0 Å². The number of aryl methyl sites for hydroxylation is 1. The summed E-state index contributed by atoms with van der Waals surface area (Å²) in [7, 11) is 0. The monoisotopic (exact) mass is 241 g/mol. The van der Waals surface area contributed by atoms with Crippen molar-refractivity contribution in [3.8, 4) is 0 Å². The van der Waals surface area contributed by atoms with E-state index in [2.05, 4.69) is 0 Å². The van der Waals surface area contributed by atoms with Crippen LogP contribution in [0.25, 0.3) is 0 Å². The molecule has 0 bridgehead atoms. The molecule has 0 spiro atoms. The molecule has 0 fully saturated rings. The van der Waals surface area contributed by atoms with Crippen LogP contribution in [0.3, 0.4) is 0 Å². The Balaban J connectivity index is 3.19. The molecule has 0 saturated heterocycles. The van der Waals surface area contributed by atoms with Gasteiger partial charge in [0.25, 0.3) is 0 Å². The minimum Gasteiger partial charge on any atom is -0.390 e. The molecule has 94 valence electrons. The molecule has 1 aromatic rings. The van der Waals surface area contributed by atoms with Crippen molar-refractivity contribution in [1.29, 1.82) is 0 Å². The molecule has 0 aliphatic rings. The minimum absolute atomic E-state index is 0.126. The number of benzene rings is 1. The zero-order valence-electron chi connectivity index (χ0n) is 9.56. The number of aliphatic hydroxyl groups is 2. The van der Waals surface area contributed by atoms with E-state index in [0.29, 0.717) is 11.8 Å². The Hall–Kier alpha value is -1.30. The van der Waals surface area contributed by atoms with Gasteiger partial charge in [-0.15, -0.1) is 0 Å². The maximum Gasteiger partial charge on any atom is 0.153 e. The normalized spacial score (nSPS) is 14.4. The summed E-state index contributed by atoms with van der Waals surface area (Å²) in [5, 5.41) is 19.5. The maximum atomic E-state index is 13.4. The van der Waals surface area contributed by atoms with Gasteiger partial charge >= 0.3 is 0 Å². The summed E-state index contributed by atoms with van der Waals surface area (Å²) in [4.78, 5) is 10.8. The van der Waals surface area contributed by atoms with Crippen molar-refractivity contribution in [3.05, 3.63) is 34.6 Å². The van der Waals surface area contributed by atoms with Crippen LogP contribution in [0, 0.1) is 12.7 Å². The van der Waals surface area contributed by atoms with Gasteiger partial charge in [0.15, 0.2) is 6.29 Å². The molecular weight excluding hydrogens is 225 g/mol. The standard InChI is InChI=1S/C12H16FNO3/c1-7-2-3-9(13)8(6-15)11(7)12(17)10(16)4-5-14/h2-3,6,10,12,16-17H,4-5,14H2,1H3. The molecular formula is C12H16FNO3. The van der Waals surface area contributed by atoms with Crippen molar-refractivity contribution in [1.82, 2.24) is 0 Å². The van der Waals surface area contributed by atoms with Crippen LogP contribution in [0.2, 0.25) is 0 Å². The first-order valence-corrected chi connectivity index (χ1v) is 5.33. The Labute approximate surface area is 98.9 Å². The Kier molecular flexibility index (Phi) is 4.74. The number of nitrogens with two attached hydrogens (primary N) is 1. The highest BCUT2D eigenvalue weighted by Gasteiger charge is 2.24. The molecule has 17 heavy (non-hydrogen) atoms. The molecule has 5 heteroatoms. The van der Waals surface area contributed by atoms with Crippen LogP contribution >= 0.6 is 0 Å². The topological polar surface area (TPSA) is 83.5 Å². The van der Waals surface area contributed by atoms with Crippen LogP contribution in [0.1, 0.15) is 34.0 Å². The first kappa shape index (κ1) is 13.8. The minimum atomic E-state index is -1.31. The second-order valence-corrected chi connectivity index (χ2v) is 3.90. The number of hydrogen-bond acceptors (Lipinski definition) is 4. The molecule has 0 heterocycles. The molecule has 4 N–H and O–H groups in total. The van der Waals surface area contributed by atoms with Crippen molar-refractivity contribution in [3.63, 3.8) is 0 Å². The van der Waals surface area contributed by atoms with Gasteiger partial charge in [0, 0.05) is 0 Å². The molecule has 0 aromatic heterocycles. The smallest absolute Gasteiger partial charge is 0.153 e. The molecule has 2 atom stereocenters. The summed E-state index contributed by atoms with van der Waals surface area (Å²) in [5.41, 5.74) is 5.73. The molecule has 0 amide bonds. The number of halogens is 1. The Morgan fingerprint density at radius 2 is 2.12 bits per heavy atom. The SMILES string of the molecule is Cc1ccc(F)c(C=O)c1C(O)C(O)CCN. The first-order valence-electron chi connectivity index (χ1n) is 5.33. The Morgan fingerprint density at radius 1 is 1.47 bits per heavy atom. The lowest BCUT2D eigenvalue weighted by atomic mass is 9.93. The Morgan fingerprint density at radius 3 is 2.65 bits per heavy atom. The van der Waals surface area contributed by atoms with E-state index in [1.807, 2.05) is 0 Å². The molecule has 0 aliphatic heterocycles. The van der Waals surface area contributed by atoms with Crippen molar-refractivity contribution >= 4 is 6.29 Å². The molecule has 1 rings (SSSR count). The second kappa shape index (κ2) is 5.86. The maximum absolute atomic E-state index is 13.4. The lowest BCUT2D eigenvalue weighted by molar-refractivity contribution is 0.0141. The van der Waals surface area contributed by atoms with Crippen molar-refractivity contribution < 1.29 is 19.4 Å². The van der Waals surface area contributed by atoms with E-state index in [1.54, 1.807) is 6.92 Å². The number of rotatable bonds is 5. The average Bonchev–Trinajstić information content (AvgIpc) is 2.31. The molecule has 0 aliphatic carbocycles. The summed E-state index contributed by atoms with van der Waals surface area (Å²) >= 11 is 0. The Bertz CT molecular complexity index is 409. The third-order valence-electron chi connectivity index (χ3n) is 2.69. The van der Waals surface area contributed by atoms with E-state index < -0.39 is 18.0 Å². The van der Waals surface area contributed by atoms with E-state index in [-0.39, 0.29) is 24.1 Å². The third-order valence-corrected chi connectivity index (χ3v) is 2.69. The quantitative estimate of drug-likeness (QED) is 0.662. The summed E-state index contributed by atoms with van der Waals surface area (Å²) in [6, 6.07) is 2.61. The lowest BCUT2D eigenvalue weighted by Crippen LogP contribution is -2.23. The van der Waals surface area contributed by atoms with Crippen molar-refractivity contribution in [2.75, 3.05) is 6.54 Å². The first-order chi connectivity index (χ1) is 8.02. The number of carbonyl (C=O) groups excluding carboxylic acids is 1. The summed E-state index contributed by atoms with van der Waals surface area (Å²) < 4.78 is 13.4. The van der Waals surface area contributed by atoms with Crippen LogP contribution < -0.4 is 5.73 Å². The van der Waals surface area contributed by atoms with Gasteiger partial charge < -0.3 is 15.9 Å². The van der Waals surface area contributed by atoms with Crippen LogP contribution in [-0.2, 0) is 0 Å². The van der Waals surface area contributed by atoms with Gasteiger partial charge in [0.2, 0.25) is 0 Å². The summed E-state index contributed by atoms with van der Waals surface area (Å²) in [6.45, 7) is 1.84. The fourth-order valence-electron chi connectivity index (χ4n) is 1.75. The van der Waals surface area contributed by atoms with Gasteiger partial charge in [0.1, 0.15) is 11.9 Å². The summed E-state index contributed by atoms with van der Waals surface area (Å²) in [5.74, 6) is -0.709. The van der Waals surface area contributed by atoms with E-state index in [1.165, 1.54) is 6.07 Å². The van der Waals surface area contributed by atoms with E-state index in [0.717, 1.165) is 6.07 Å². The van der Waals surface area contributed by atoms with Crippen LogP contribution in [0.15, 0.2) is 12.1 Å². The molecule has 1 aromatic carbocycles. The summed E-state index contributed by atoms with van der Waals surface area (Å²) in [6.07, 6.45) is -1.90. The number of aldehydes is 1. The van der Waals surface area contributed by atoms with E-state index in [4.69, 9.17) is 5.73 Å². The van der Waals surface area contributed by atoms with Gasteiger partial charge in [-0.05, 0) is 37.1 Å². The predicted molar refractivity (Wildman–Crippen MR) is 61.2 cm³/mol. The number of hydrogen-bond donors (Lipinski definition) is 3.